The van der Waals surface area contributed by atoms with Crippen LogP contribution in [-0.2, 0) is 0 Å². The highest BCUT2D eigenvalue weighted by Crippen LogP contribution is 2.27. The second-order valence-electron chi connectivity index (χ2n) is 5.46. The van der Waals surface area contributed by atoms with Crippen molar-refractivity contribution in [2.45, 2.75) is 38.8 Å². The Balaban J connectivity index is 1.89. The van der Waals surface area contributed by atoms with E-state index in [0.29, 0.717) is 12.1 Å². The highest BCUT2D eigenvalue weighted by Gasteiger charge is 2.22. The van der Waals surface area contributed by atoms with Gasteiger partial charge in [0.15, 0.2) is 0 Å². The molecule has 1 saturated heterocycles. The van der Waals surface area contributed by atoms with E-state index in [1.54, 1.807) is 0 Å². The molecule has 1 unspecified atom stereocenters. The van der Waals surface area contributed by atoms with Crippen molar-refractivity contribution >= 4 is 0 Å². The van der Waals surface area contributed by atoms with Crippen molar-refractivity contribution in [1.82, 2.24) is 14.9 Å². The standard InChI is InChI=1S/C16H21N3/c1-12-5-7-14(8-6-12)13(2)19-11-17-10-16(19)15-4-3-9-18-15/h5-8,10-11,13,15,18H,3-4,9H2,1-2H3/t13?,15-/m0/s1. The van der Waals surface area contributed by atoms with Crippen molar-refractivity contribution in [2.24, 2.45) is 0 Å². The van der Waals surface area contributed by atoms with E-state index in [1.807, 2.05) is 12.5 Å². The third-order valence-electron chi connectivity index (χ3n) is 4.09. The molecule has 2 atom stereocenters. The molecule has 3 rings (SSSR count). The SMILES string of the molecule is Cc1ccc(C(C)n2cncc2[C@@H]2CCCN2)cc1. The van der Waals surface area contributed by atoms with Crippen LogP contribution in [0.5, 0.6) is 0 Å². The van der Waals surface area contributed by atoms with Crippen molar-refractivity contribution in [2.75, 3.05) is 6.54 Å². The zero-order chi connectivity index (χ0) is 13.2. The van der Waals surface area contributed by atoms with Crippen molar-refractivity contribution in [3.8, 4) is 0 Å². The summed E-state index contributed by atoms with van der Waals surface area (Å²) in [5.41, 5.74) is 3.95. The molecule has 3 heteroatoms. The minimum absolute atomic E-state index is 0.334. The zero-order valence-corrected chi connectivity index (χ0v) is 11.6. The Morgan fingerprint density at radius 2 is 2.11 bits per heavy atom. The van der Waals surface area contributed by atoms with Gasteiger partial charge in [0.05, 0.1) is 18.1 Å². The van der Waals surface area contributed by atoms with Crippen LogP contribution in [0.3, 0.4) is 0 Å². The predicted molar refractivity (Wildman–Crippen MR) is 77.2 cm³/mol. The molecule has 1 aromatic heterocycles. The molecule has 3 nitrogen and oxygen atoms in total. The number of nitrogens with zero attached hydrogens (tertiary/aromatic N) is 2. The summed E-state index contributed by atoms with van der Waals surface area (Å²) in [5.74, 6) is 0. The van der Waals surface area contributed by atoms with Crippen LogP contribution in [0.1, 0.15) is 48.7 Å². The molecular formula is C16H21N3. The van der Waals surface area contributed by atoms with Crippen LogP contribution in [0.25, 0.3) is 0 Å². The molecule has 1 aliphatic rings. The summed E-state index contributed by atoms with van der Waals surface area (Å²) in [4.78, 5) is 4.35. The van der Waals surface area contributed by atoms with Gasteiger partial charge in [0.2, 0.25) is 0 Å². The predicted octanol–water partition coefficient (Wildman–Crippen LogP) is 3.23. The van der Waals surface area contributed by atoms with Crippen molar-refractivity contribution < 1.29 is 0 Å². The molecule has 1 fully saturated rings. The average Bonchev–Trinajstić information content (AvgIpc) is 3.09. The van der Waals surface area contributed by atoms with E-state index in [1.165, 1.54) is 29.7 Å². The highest BCUT2D eigenvalue weighted by molar-refractivity contribution is 5.25. The molecule has 0 spiro atoms. The molecule has 0 bridgehead atoms. The van der Waals surface area contributed by atoms with Gasteiger partial charge in [0.25, 0.3) is 0 Å². The topological polar surface area (TPSA) is 29.9 Å². The Morgan fingerprint density at radius 3 is 2.79 bits per heavy atom. The first kappa shape index (κ1) is 12.4. The fourth-order valence-electron chi connectivity index (χ4n) is 2.85. The molecule has 1 N–H and O–H groups in total. The van der Waals surface area contributed by atoms with Crippen LogP contribution in [0, 0.1) is 6.92 Å². The number of rotatable bonds is 3. The fourth-order valence-corrected chi connectivity index (χ4v) is 2.85. The minimum Gasteiger partial charge on any atom is -0.326 e. The minimum atomic E-state index is 0.334. The lowest BCUT2D eigenvalue weighted by Crippen LogP contribution is -2.18. The first-order valence-electron chi connectivity index (χ1n) is 7.07. The molecule has 1 aliphatic heterocycles. The first-order valence-corrected chi connectivity index (χ1v) is 7.07. The van der Waals surface area contributed by atoms with E-state index >= 15 is 0 Å². The number of hydrogen-bond donors (Lipinski definition) is 1. The molecule has 100 valence electrons. The van der Waals surface area contributed by atoms with E-state index in [0.717, 1.165) is 6.54 Å². The summed E-state index contributed by atoms with van der Waals surface area (Å²) >= 11 is 0. The molecule has 19 heavy (non-hydrogen) atoms. The summed E-state index contributed by atoms with van der Waals surface area (Å²) in [5, 5.41) is 3.55. The van der Waals surface area contributed by atoms with Crippen LogP contribution in [0.4, 0.5) is 0 Å². The Labute approximate surface area is 114 Å². The summed E-state index contributed by atoms with van der Waals surface area (Å²) < 4.78 is 2.30. The van der Waals surface area contributed by atoms with Gasteiger partial charge >= 0.3 is 0 Å². The largest absolute Gasteiger partial charge is 0.326 e. The zero-order valence-electron chi connectivity index (χ0n) is 11.6. The lowest BCUT2D eigenvalue weighted by atomic mass is 10.1. The van der Waals surface area contributed by atoms with Gasteiger partial charge in [-0.25, -0.2) is 4.98 Å². The Hall–Kier alpha value is -1.61. The van der Waals surface area contributed by atoms with E-state index in [4.69, 9.17) is 0 Å². The smallest absolute Gasteiger partial charge is 0.0954 e. The normalized spacial score (nSPS) is 20.6. The molecule has 0 aliphatic carbocycles. The van der Waals surface area contributed by atoms with Gasteiger partial charge in [-0.2, -0.15) is 0 Å². The van der Waals surface area contributed by atoms with Gasteiger partial charge in [0.1, 0.15) is 0 Å². The maximum Gasteiger partial charge on any atom is 0.0954 e. The fraction of sp³-hybridized carbons (Fsp3) is 0.438. The number of nitrogens with one attached hydrogen (secondary N) is 1. The first-order chi connectivity index (χ1) is 9.25. The number of imidazole rings is 1. The summed E-state index contributed by atoms with van der Waals surface area (Å²) in [6, 6.07) is 9.58. The molecule has 0 amide bonds. The monoisotopic (exact) mass is 255 g/mol. The molecule has 1 aromatic carbocycles. The highest BCUT2D eigenvalue weighted by atomic mass is 15.1. The summed E-state index contributed by atoms with van der Waals surface area (Å²) in [6.07, 6.45) is 6.44. The van der Waals surface area contributed by atoms with Crippen LogP contribution >= 0.6 is 0 Å². The molecule has 2 aromatic rings. The summed E-state index contributed by atoms with van der Waals surface area (Å²) in [6.45, 7) is 5.49. The van der Waals surface area contributed by atoms with Crippen molar-refractivity contribution in [1.29, 1.82) is 0 Å². The van der Waals surface area contributed by atoms with Crippen LogP contribution in [0.2, 0.25) is 0 Å². The van der Waals surface area contributed by atoms with Gasteiger partial charge in [0, 0.05) is 12.2 Å². The van der Waals surface area contributed by atoms with Crippen molar-refractivity contribution in [3.05, 3.63) is 53.6 Å². The van der Waals surface area contributed by atoms with Gasteiger partial charge in [-0.1, -0.05) is 29.8 Å². The molecule has 0 radical (unpaired) electrons. The van der Waals surface area contributed by atoms with Crippen LogP contribution < -0.4 is 5.32 Å². The van der Waals surface area contributed by atoms with Crippen LogP contribution in [-0.4, -0.2) is 16.1 Å². The molecular weight excluding hydrogens is 234 g/mol. The molecule has 2 heterocycles. The maximum absolute atomic E-state index is 4.35. The maximum atomic E-state index is 4.35. The Kier molecular flexibility index (Phi) is 3.38. The second kappa shape index (κ2) is 5.17. The van der Waals surface area contributed by atoms with E-state index < -0.39 is 0 Å². The second-order valence-corrected chi connectivity index (χ2v) is 5.46. The van der Waals surface area contributed by atoms with Crippen LogP contribution in [0.15, 0.2) is 36.8 Å². The van der Waals surface area contributed by atoms with Crippen molar-refractivity contribution in [3.63, 3.8) is 0 Å². The Bertz CT molecular complexity index is 535. The van der Waals surface area contributed by atoms with E-state index in [2.05, 4.69) is 53.0 Å². The molecule has 0 saturated carbocycles. The van der Waals surface area contributed by atoms with E-state index in [9.17, 15) is 0 Å². The number of aromatic nitrogens is 2. The van der Waals surface area contributed by atoms with E-state index in [-0.39, 0.29) is 0 Å². The third kappa shape index (κ3) is 2.43. The average molecular weight is 255 g/mol. The third-order valence-corrected chi connectivity index (χ3v) is 4.09. The number of benzene rings is 1. The van der Waals surface area contributed by atoms with Gasteiger partial charge in [-0.05, 0) is 38.8 Å². The lowest BCUT2D eigenvalue weighted by Gasteiger charge is -2.20. The lowest BCUT2D eigenvalue weighted by molar-refractivity contribution is 0.538. The van der Waals surface area contributed by atoms with Gasteiger partial charge < -0.3 is 9.88 Å². The van der Waals surface area contributed by atoms with Gasteiger partial charge in [-0.15, -0.1) is 0 Å². The number of hydrogen-bond acceptors (Lipinski definition) is 2. The Morgan fingerprint density at radius 1 is 1.32 bits per heavy atom. The number of aryl methyl sites for hydroxylation is 1. The quantitative estimate of drug-likeness (QED) is 0.912. The van der Waals surface area contributed by atoms with Gasteiger partial charge in [-0.3, -0.25) is 0 Å². The summed E-state index contributed by atoms with van der Waals surface area (Å²) in [7, 11) is 0.